The van der Waals surface area contributed by atoms with Gasteiger partial charge in [-0.3, -0.25) is 19.6 Å². The highest BCUT2D eigenvalue weighted by molar-refractivity contribution is 5.94. The molecule has 0 saturated heterocycles. The lowest BCUT2D eigenvalue weighted by molar-refractivity contribution is -0.385. The first-order chi connectivity index (χ1) is 12.5. The maximum absolute atomic E-state index is 12.4. The Hall–Kier alpha value is -3.48. The molecule has 0 aliphatic rings. The van der Waals surface area contributed by atoms with Gasteiger partial charge < -0.3 is 5.32 Å². The number of nitro groups is 1. The van der Waals surface area contributed by atoms with Crippen molar-refractivity contribution in [2.24, 2.45) is 0 Å². The molecule has 0 fully saturated rings. The molecule has 0 bridgehead atoms. The lowest BCUT2D eigenvalue weighted by atomic mass is 10.1. The van der Waals surface area contributed by atoms with E-state index >= 15 is 0 Å². The zero-order chi connectivity index (χ0) is 18.5. The lowest BCUT2D eigenvalue weighted by Crippen LogP contribution is -2.26. The number of nitrogens with one attached hydrogen (secondary N) is 1. The van der Waals surface area contributed by atoms with E-state index in [1.807, 2.05) is 49.4 Å². The van der Waals surface area contributed by atoms with Gasteiger partial charge in [-0.25, -0.2) is 0 Å². The van der Waals surface area contributed by atoms with Crippen molar-refractivity contribution in [1.82, 2.24) is 15.1 Å². The summed E-state index contributed by atoms with van der Waals surface area (Å²) >= 11 is 0. The van der Waals surface area contributed by atoms with Gasteiger partial charge >= 0.3 is 5.69 Å². The number of nitrogens with zero attached hydrogens (tertiary/aromatic N) is 3. The van der Waals surface area contributed by atoms with Gasteiger partial charge in [0.25, 0.3) is 5.91 Å². The van der Waals surface area contributed by atoms with Gasteiger partial charge in [-0.15, -0.1) is 0 Å². The van der Waals surface area contributed by atoms with E-state index in [9.17, 15) is 14.9 Å². The monoisotopic (exact) mass is 350 g/mol. The van der Waals surface area contributed by atoms with Gasteiger partial charge in [-0.1, -0.05) is 42.5 Å². The summed E-state index contributed by atoms with van der Waals surface area (Å²) in [5.74, 6) is -0.150. The molecule has 3 aromatic rings. The SMILES string of the molecule is C[C@H](NC(=O)c1ccc(Cn2cc([N+](=O)[O-])cn2)cc1)c1ccccc1. The fourth-order valence-corrected chi connectivity index (χ4v) is 2.59. The van der Waals surface area contributed by atoms with E-state index in [-0.39, 0.29) is 17.6 Å². The molecule has 1 aromatic heterocycles. The fourth-order valence-electron chi connectivity index (χ4n) is 2.59. The Morgan fingerprint density at radius 2 is 1.88 bits per heavy atom. The highest BCUT2D eigenvalue weighted by atomic mass is 16.6. The van der Waals surface area contributed by atoms with Crippen LogP contribution in [0.4, 0.5) is 5.69 Å². The Balaban J connectivity index is 1.63. The number of benzene rings is 2. The van der Waals surface area contributed by atoms with Crippen LogP contribution in [0.1, 0.15) is 34.5 Å². The Kier molecular flexibility index (Phi) is 5.07. The molecule has 0 radical (unpaired) electrons. The van der Waals surface area contributed by atoms with E-state index in [2.05, 4.69) is 10.4 Å². The van der Waals surface area contributed by atoms with Crippen LogP contribution in [0, 0.1) is 10.1 Å². The van der Waals surface area contributed by atoms with Crippen molar-refractivity contribution in [3.05, 3.63) is 93.8 Å². The molecule has 1 N–H and O–H groups in total. The van der Waals surface area contributed by atoms with Crippen molar-refractivity contribution in [2.45, 2.75) is 19.5 Å². The largest absolute Gasteiger partial charge is 0.346 e. The number of carbonyl (C=O) groups excluding carboxylic acids is 1. The average Bonchev–Trinajstić information content (AvgIpc) is 3.12. The first kappa shape index (κ1) is 17.3. The maximum atomic E-state index is 12.4. The number of carbonyl (C=O) groups is 1. The van der Waals surface area contributed by atoms with Crippen LogP contribution < -0.4 is 5.32 Å². The van der Waals surface area contributed by atoms with E-state index in [1.54, 1.807) is 12.1 Å². The Morgan fingerprint density at radius 3 is 2.50 bits per heavy atom. The maximum Gasteiger partial charge on any atom is 0.307 e. The number of hydrogen-bond acceptors (Lipinski definition) is 4. The molecule has 132 valence electrons. The van der Waals surface area contributed by atoms with E-state index in [1.165, 1.54) is 17.1 Å². The minimum absolute atomic E-state index is 0.0455. The van der Waals surface area contributed by atoms with E-state index in [4.69, 9.17) is 0 Å². The van der Waals surface area contributed by atoms with Crippen molar-refractivity contribution in [3.8, 4) is 0 Å². The lowest BCUT2D eigenvalue weighted by Gasteiger charge is -2.14. The summed E-state index contributed by atoms with van der Waals surface area (Å²) in [6, 6.07) is 16.8. The molecular weight excluding hydrogens is 332 g/mol. The van der Waals surface area contributed by atoms with Crippen molar-refractivity contribution < 1.29 is 9.72 Å². The molecule has 1 atom stereocenters. The van der Waals surface area contributed by atoms with Gasteiger partial charge in [-0.2, -0.15) is 5.10 Å². The van der Waals surface area contributed by atoms with Gasteiger partial charge in [0.05, 0.1) is 17.5 Å². The van der Waals surface area contributed by atoms with Crippen LogP contribution in [0.25, 0.3) is 0 Å². The second-order valence-electron chi connectivity index (χ2n) is 5.96. The van der Waals surface area contributed by atoms with E-state index < -0.39 is 4.92 Å². The summed E-state index contributed by atoms with van der Waals surface area (Å²) in [6.07, 6.45) is 2.59. The van der Waals surface area contributed by atoms with Crippen molar-refractivity contribution >= 4 is 11.6 Å². The summed E-state index contributed by atoms with van der Waals surface area (Å²) in [5, 5.41) is 17.6. The number of hydrogen-bond donors (Lipinski definition) is 1. The summed E-state index contributed by atoms with van der Waals surface area (Å²) in [7, 11) is 0. The standard InChI is InChI=1S/C19H18N4O3/c1-14(16-5-3-2-4-6-16)21-19(24)17-9-7-15(8-10-17)12-22-13-18(11-20-22)23(25)26/h2-11,13-14H,12H2,1H3,(H,21,24)/t14-/m0/s1. The third kappa shape index (κ3) is 4.13. The second-order valence-corrected chi connectivity index (χ2v) is 5.96. The molecule has 0 unspecified atom stereocenters. The van der Waals surface area contributed by atoms with E-state index in [0.29, 0.717) is 12.1 Å². The second kappa shape index (κ2) is 7.60. The molecule has 0 aliphatic carbocycles. The Labute approximate surface area is 150 Å². The summed E-state index contributed by atoms with van der Waals surface area (Å²) < 4.78 is 1.49. The molecular formula is C19H18N4O3. The van der Waals surface area contributed by atoms with Crippen molar-refractivity contribution in [1.29, 1.82) is 0 Å². The predicted molar refractivity (Wildman–Crippen MR) is 96.7 cm³/mol. The molecule has 7 nitrogen and oxygen atoms in total. The quantitative estimate of drug-likeness (QED) is 0.545. The molecule has 2 aromatic carbocycles. The van der Waals surface area contributed by atoms with Crippen LogP contribution >= 0.6 is 0 Å². The predicted octanol–water partition coefficient (Wildman–Crippen LogP) is 3.33. The Morgan fingerprint density at radius 1 is 1.19 bits per heavy atom. The van der Waals surface area contributed by atoms with Crippen LogP contribution in [0.15, 0.2) is 67.0 Å². The summed E-state index contributed by atoms with van der Waals surface area (Å²) in [4.78, 5) is 22.6. The van der Waals surface area contributed by atoms with Crippen molar-refractivity contribution in [3.63, 3.8) is 0 Å². The molecule has 3 rings (SSSR count). The van der Waals surface area contributed by atoms with Crippen LogP contribution in [0.5, 0.6) is 0 Å². The first-order valence-electron chi connectivity index (χ1n) is 8.14. The third-order valence-electron chi connectivity index (χ3n) is 4.04. The van der Waals surface area contributed by atoms with Gasteiger partial charge in [0, 0.05) is 5.56 Å². The van der Waals surface area contributed by atoms with Gasteiger partial charge in [0.15, 0.2) is 0 Å². The third-order valence-corrected chi connectivity index (χ3v) is 4.04. The summed E-state index contributed by atoms with van der Waals surface area (Å²) in [5.41, 5.74) is 2.45. The molecule has 26 heavy (non-hydrogen) atoms. The van der Waals surface area contributed by atoms with Crippen LogP contribution in [0.3, 0.4) is 0 Å². The highest BCUT2D eigenvalue weighted by Gasteiger charge is 2.12. The Bertz CT molecular complexity index is 904. The molecule has 1 amide bonds. The number of amides is 1. The molecule has 7 heteroatoms. The molecule has 0 spiro atoms. The summed E-state index contributed by atoms with van der Waals surface area (Å²) in [6.45, 7) is 2.34. The smallest absolute Gasteiger partial charge is 0.307 e. The van der Waals surface area contributed by atoms with Gasteiger partial charge in [-0.05, 0) is 30.2 Å². The van der Waals surface area contributed by atoms with Crippen LogP contribution in [0.2, 0.25) is 0 Å². The topological polar surface area (TPSA) is 90.1 Å². The number of rotatable bonds is 6. The van der Waals surface area contributed by atoms with Gasteiger partial charge in [0.2, 0.25) is 0 Å². The first-order valence-corrected chi connectivity index (χ1v) is 8.14. The minimum Gasteiger partial charge on any atom is -0.346 e. The average molecular weight is 350 g/mol. The van der Waals surface area contributed by atoms with Crippen LogP contribution in [-0.4, -0.2) is 20.6 Å². The fraction of sp³-hybridized carbons (Fsp3) is 0.158. The molecule has 1 heterocycles. The zero-order valence-electron chi connectivity index (χ0n) is 14.2. The number of aromatic nitrogens is 2. The minimum atomic E-state index is -0.481. The normalized spacial score (nSPS) is 11.7. The molecule has 0 aliphatic heterocycles. The molecule has 0 saturated carbocycles. The zero-order valence-corrected chi connectivity index (χ0v) is 14.2. The van der Waals surface area contributed by atoms with Crippen LogP contribution in [-0.2, 0) is 6.54 Å². The van der Waals surface area contributed by atoms with Crippen molar-refractivity contribution in [2.75, 3.05) is 0 Å². The van der Waals surface area contributed by atoms with Gasteiger partial charge in [0.1, 0.15) is 12.4 Å². The highest BCUT2D eigenvalue weighted by Crippen LogP contribution is 2.14. The van der Waals surface area contributed by atoms with E-state index in [0.717, 1.165) is 11.1 Å².